The van der Waals surface area contributed by atoms with Crippen molar-refractivity contribution in [1.29, 1.82) is 0 Å². The van der Waals surface area contributed by atoms with Crippen LogP contribution >= 0.6 is 11.6 Å². The van der Waals surface area contributed by atoms with Crippen LogP contribution in [0.3, 0.4) is 0 Å². The third-order valence-electron chi connectivity index (χ3n) is 3.04. The molecular formula is C16H15ClO4. The molecule has 0 spiro atoms. The van der Waals surface area contributed by atoms with Crippen LogP contribution in [-0.4, -0.2) is 24.8 Å². The highest BCUT2D eigenvalue weighted by molar-refractivity contribution is 6.30. The van der Waals surface area contributed by atoms with E-state index in [-0.39, 0.29) is 6.61 Å². The number of para-hydroxylation sites is 1. The van der Waals surface area contributed by atoms with E-state index in [9.17, 15) is 9.90 Å². The number of halogens is 1. The molecule has 4 nitrogen and oxygen atoms in total. The molecule has 2 aromatic carbocycles. The summed E-state index contributed by atoms with van der Waals surface area (Å²) in [6.07, 6.45) is 0. The third kappa shape index (κ3) is 3.89. The number of carbonyl (C=O) groups is 1. The molecule has 0 bridgehead atoms. The van der Waals surface area contributed by atoms with E-state index in [1.54, 1.807) is 48.5 Å². The molecule has 1 N–H and O–H groups in total. The van der Waals surface area contributed by atoms with E-state index in [1.807, 2.05) is 0 Å². The predicted molar refractivity (Wildman–Crippen MR) is 80.3 cm³/mol. The van der Waals surface area contributed by atoms with Crippen LogP contribution in [0.2, 0.25) is 5.02 Å². The lowest BCUT2D eigenvalue weighted by Gasteiger charge is -2.16. The summed E-state index contributed by atoms with van der Waals surface area (Å²) in [6, 6.07) is 13.8. The van der Waals surface area contributed by atoms with Crippen LogP contribution < -0.4 is 9.47 Å². The van der Waals surface area contributed by atoms with Gasteiger partial charge in [-0.1, -0.05) is 29.8 Å². The number of rotatable bonds is 6. The van der Waals surface area contributed by atoms with Gasteiger partial charge in [-0.05, 0) is 30.3 Å². The first-order valence-electron chi connectivity index (χ1n) is 6.36. The van der Waals surface area contributed by atoms with Gasteiger partial charge in [0.1, 0.15) is 24.0 Å². The van der Waals surface area contributed by atoms with Crippen molar-refractivity contribution in [2.24, 2.45) is 0 Å². The predicted octanol–water partition coefficient (Wildman–Crippen LogP) is 3.60. The van der Waals surface area contributed by atoms with Crippen molar-refractivity contribution in [3.05, 3.63) is 59.1 Å². The normalized spacial score (nSPS) is 11.7. The summed E-state index contributed by atoms with van der Waals surface area (Å²) in [7, 11) is 1.51. The number of carboxylic acids is 1. The second-order valence-corrected chi connectivity index (χ2v) is 4.83. The van der Waals surface area contributed by atoms with Crippen LogP contribution in [0.4, 0.5) is 0 Å². The number of hydrogen-bond acceptors (Lipinski definition) is 3. The smallest absolute Gasteiger partial charge is 0.314 e. The molecule has 5 heteroatoms. The van der Waals surface area contributed by atoms with E-state index in [0.717, 1.165) is 0 Å². The Balaban J connectivity index is 2.16. The van der Waals surface area contributed by atoms with Gasteiger partial charge in [0, 0.05) is 10.6 Å². The topological polar surface area (TPSA) is 55.8 Å². The van der Waals surface area contributed by atoms with Gasteiger partial charge in [0.15, 0.2) is 0 Å². The van der Waals surface area contributed by atoms with Crippen LogP contribution in [0.1, 0.15) is 11.5 Å². The number of carboxylic acid groups (broad SMARTS) is 1. The van der Waals surface area contributed by atoms with E-state index in [4.69, 9.17) is 21.1 Å². The molecule has 0 aliphatic heterocycles. The summed E-state index contributed by atoms with van der Waals surface area (Å²) in [5, 5.41) is 10.0. The Morgan fingerprint density at radius 1 is 1.19 bits per heavy atom. The second kappa shape index (κ2) is 6.99. The summed E-state index contributed by atoms with van der Waals surface area (Å²) in [4.78, 5) is 11.5. The van der Waals surface area contributed by atoms with E-state index >= 15 is 0 Å². The monoisotopic (exact) mass is 306 g/mol. The maximum atomic E-state index is 11.5. The second-order valence-electron chi connectivity index (χ2n) is 4.40. The van der Waals surface area contributed by atoms with Crippen LogP contribution in [0.15, 0.2) is 48.5 Å². The lowest BCUT2D eigenvalue weighted by atomic mass is 9.99. The van der Waals surface area contributed by atoms with Crippen LogP contribution in [0.25, 0.3) is 0 Å². The van der Waals surface area contributed by atoms with Gasteiger partial charge in [0.2, 0.25) is 0 Å². The third-order valence-corrected chi connectivity index (χ3v) is 3.29. The number of aliphatic carboxylic acids is 1. The fourth-order valence-corrected chi connectivity index (χ4v) is 2.08. The Morgan fingerprint density at radius 2 is 1.86 bits per heavy atom. The highest BCUT2D eigenvalue weighted by Gasteiger charge is 2.24. The molecule has 2 rings (SSSR count). The number of methoxy groups -OCH3 is 1. The van der Waals surface area contributed by atoms with Crippen molar-refractivity contribution in [3.8, 4) is 11.5 Å². The Bertz CT molecular complexity index is 610. The molecule has 0 amide bonds. The summed E-state index contributed by atoms with van der Waals surface area (Å²) in [5.41, 5.74) is 0.585. The molecule has 0 fully saturated rings. The summed E-state index contributed by atoms with van der Waals surface area (Å²) in [6.45, 7) is 0.0112. The van der Waals surface area contributed by atoms with Gasteiger partial charge >= 0.3 is 5.97 Å². The minimum atomic E-state index is -0.964. The quantitative estimate of drug-likeness (QED) is 0.886. The lowest BCUT2D eigenvalue weighted by molar-refractivity contribution is -0.139. The lowest BCUT2D eigenvalue weighted by Crippen LogP contribution is -2.20. The van der Waals surface area contributed by atoms with Gasteiger partial charge in [-0.25, -0.2) is 0 Å². The Morgan fingerprint density at radius 3 is 2.48 bits per heavy atom. The maximum Gasteiger partial charge on any atom is 0.314 e. The molecule has 110 valence electrons. The molecule has 0 heterocycles. The first-order valence-corrected chi connectivity index (χ1v) is 6.73. The van der Waals surface area contributed by atoms with Gasteiger partial charge in [-0.15, -0.1) is 0 Å². The van der Waals surface area contributed by atoms with Crippen molar-refractivity contribution in [2.45, 2.75) is 5.92 Å². The van der Waals surface area contributed by atoms with Gasteiger partial charge in [-0.3, -0.25) is 4.79 Å². The highest BCUT2D eigenvalue weighted by atomic mass is 35.5. The highest BCUT2D eigenvalue weighted by Crippen LogP contribution is 2.27. The minimum absolute atomic E-state index is 0.0112. The SMILES string of the molecule is COc1ccccc1C(COc1ccc(Cl)cc1)C(=O)O. The Labute approximate surface area is 127 Å². The van der Waals surface area contributed by atoms with Crippen molar-refractivity contribution < 1.29 is 19.4 Å². The molecule has 0 saturated carbocycles. The van der Waals surface area contributed by atoms with Gasteiger partial charge in [0.05, 0.1) is 7.11 Å². The largest absolute Gasteiger partial charge is 0.496 e. The average molecular weight is 307 g/mol. The molecule has 0 aliphatic carbocycles. The van der Waals surface area contributed by atoms with E-state index in [1.165, 1.54) is 7.11 Å². The van der Waals surface area contributed by atoms with E-state index < -0.39 is 11.9 Å². The van der Waals surface area contributed by atoms with Crippen LogP contribution in [0.5, 0.6) is 11.5 Å². The summed E-state index contributed by atoms with van der Waals surface area (Å²) >= 11 is 5.79. The number of benzene rings is 2. The molecule has 21 heavy (non-hydrogen) atoms. The van der Waals surface area contributed by atoms with Crippen LogP contribution in [0, 0.1) is 0 Å². The molecular weight excluding hydrogens is 292 g/mol. The fourth-order valence-electron chi connectivity index (χ4n) is 1.96. The minimum Gasteiger partial charge on any atom is -0.496 e. The summed E-state index contributed by atoms with van der Waals surface area (Å²) in [5.74, 6) is -0.671. The molecule has 2 aromatic rings. The maximum absolute atomic E-state index is 11.5. The molecule has 1 atom stereocenters. The number of hydrogen-bond donors (Lipinski definition) is 1. The molecule has 0 radical (unpaired) electrons. The van der Waals surface area contributed by atoms with Gasteiger partial charge in [-0.2, -0.15) is 0 Å². The van der Waals surface area contributed by atoms with E-state index in [0.29, 0.717) is 22.1 Å². The van der Waals surface area contributed by atoms with Crippen molar-refractivity contribution >= 4 is 17.6 Å². The number of ether oxygens (including phenoxy) is 2. The Hall–Kier alpha value is -2.20. The van der Waals surface area contributed by atoms with Gasteiger partial charge < -0.3 is 14.6 Å². The zero-order valence-corrected chi connectivity index (χ0v) is 12.2. The molecule has 0 aliphatic rings. The zero-order valence-electron chi connectivity index (χ0n) is 11.5. The average Bonchev–Trinajstić information content (AvgIpc) is 2.49. The first kappa shape index (κ1) is 15.2. The van der Waals surface area contributed by atoms with Crippen molar-refractivity contribution in [2.75, 3.05) is 13.7 Å². The fraction of sp³-hybridized carbons (Fsp3) is 0.188. The molecule has 0 saturated heterocycles. The Kier molecular flexibility index (Phi) is 5.06. The van der Waals surface area contributed by atoms with Crippen LogP contribution in [-0.2, 0) is 4.79 Å². The zero-order chi connectivity index (χ0) is 15.2. The molecule has 0 aromatic heterocycles. The first-order chi connectivity index (χ1) is 10.1. The van der Waals surface area contributed by atoms with Gasteiger partial charge in [0.25, 0.3) is 0 Å². The molecule has 1 unspecified atom stereocenters. The van der Waals surface area contributed by atoms with Crippen molar-refractivity contribution in [3.63, 3.8) is 0 Å². The summed E-state index contributed by atoms with van der Waals surface area (Å²) < 4.78 is 10.8. The van der Waals surface area contributed by atoms with Crippen molar-refractivity contribution in [1.82, 2.24) is 0 Å². The van der Waals surface area contributed by atoms with E-state index in [2.05, 4.69) is 0 Å². The standard InChI is InChI=1S/C16H15ClO4/c1-20-15-5-3-2-4-13(15)14(16(18)19)10-21-12-8-6-11(17)7-9-12/h2-9,14H,10H2,1H3,(H,18,19).